The summed E-state index contributed by atoms with van der Waals surface area (Å²) in [6.45, 7) is 0.408. The Morgan fingerprint density at radius 3 is 2.62 bits per heavy atom. The lowest BCUT2D eigenvalue weighted by molar-refractivity contribution is 0.0949. The van der Waals surface area contributed by atoms with Gasteiger partial charge in [0.15, 0.2) is 0 Å². The molecule has 0 atom stereocenters. The van der Waals surface area contributed by atoms with Crippen molar-refractivity contribution < 1.29 is 4.79 Å². The first-order valence-corrected chi connectivity index (χ1v) is 6.57. The van der Waals surface area contributed by atoms with E-state index in [0.29, 0.717) is 12.1 Å². The third-order valence-corrected chi connectivity index (χ3v) is 3.26. The average Bonchev–Trinajstić information content (AvgIpc) is 3.17. The molecule has 6 heteroatoms. The Hall–Kier alpha value is -2.89. The minimum absolute atomic E-state index is 0.116. The Balaban J connectivity index is 1.66. The number of nitrogens with zero attached hydrogens (tertiary/aromatic N) is 4. The summed E-state index contributed by atoms with van der Waals surface area (Å²) in [6, 6.07) is 7.36. The Morgan fingerprint density at radius 1 is 1.19 bits per heavy atom. The largest absolute Gasteiger partial charge is 0.345 e. The van der Waals surface area contributed by atoms with Gasteiger partial charge in [-0.05, 0) is 24.3 Å². The summed E-state index contributed by atoms with van der Waals surface area (Å²) in [7, 11) is 1.90. The van der Waals surface area contributed by atoms with Crippen LogP contribution in [0, 0.1) is 0 Å². The molecule has 2 aromatic heterocycles. The van der Waals surface area contributed by atoms with Crippen molar-refractivity contribution in [2.75, 3.05) is 0 Å². The van der Waals surface area contributed by atoms with Gasteiger partial charge in [0.05, 0.1) is 12.9 Å². The molecule has 2 heterocycles. The maximum atomic E-state index is 12.1. The van der Waals surface area contributed by atoms with Crippen LogP contribution in [0.3, 0.4) is 0 Å². The van der Waals surface area contributed by atoms with E-state index in [0.717, 1.165) is 11.5 Å². The van der Waals surface area contributed by atoms with Gasteiger partial charge in [-0.25, -0.2) is 9.97 Å². The lowest BCUT2D eigenvalue weighted by Gasteiger charge is -2.07. The van der Waals surface area contributed by atoms with Gasteiger partial charge in [-0.15, -0.1) is 0 Å². The lowest BCUT2D eigenvalue weighted by Crippen LogP contribution is -2.24. The first-order valence-electron chi connectivity index (χ1n) is 6.57. The monoisotopic (exact) mass is 281 g/mol. The number of imidazole rings is 2. The highest BCUT2D eigenvalue weighted by molar-refractivity contribution is 5.94. The van der Waals surface area contributed by atoms with Crippen LogP contribution in [0.2, 0.25) is 0 Å². The van der Waals surface area contributed by atoms with Gasteiger partial charge < -0.3 is 14.5 Å². The molecule has 0 radical (unpaired) electrons. The molecule has 0 bridgehead atoms. The van der Waals surface area contributed by atoms with Crippen molar-refractivity contribution >= 4 is 5.91 Å². The van der Waals surface area contributed by atoms with E-state index in [1.165, 1.54) is 0 Å². The van der Waals surface area contributed by atoms with Crippen molar-refractivity contribution in [1.29, 1.82) is 0 Å². The quantitative estimate of drug-likeness (QED) is 0.789. The smallest absolute Gasteiger partial charge is 0.251 e. The van der Waals surface area contributed by atoms with Crippen LogP contribution < -0.4 is 5.32 Å². The van der Waals surface area contributed by atoms with Crippen molar-refractivity contribution in [1.82, 2.24) is 24.4 Å². The number of carbonyl (C=O) groups is 1. The van der Waals surface area contributed by atoms with Crippen molar-refractivity contribution in [3.8, 4) is 5.69 Å². The summed E-state index contributed by atoms with van der Waals surface area (Å²) < 4.78 is 3.76. The number of amides is 1. The number of rotatable bonds is 4. The maximum absolute atomic E-state index is 12.1. The highest BCUT2D eigenvalue weighted by Crippen LogP contribution is 2.09. The van der Waals surface area contributed by atoms with Crippen molar-refractivity contribution in [3.05, 3.63) is 66.8 Å². The van der Waals surface area contributed by atoms with E-state index in [9.17, 15) is 4.79 Å². The molecule has 3 rings (SSSR count). The molecule has 106 valence electrons. The van der Waals surface area contributed by atoms with E-state index < -0.39 is 0 Å². The van der Waals surface area contributed by atoms with Crippen LogP contribution >= 0.6 is 0 Å². The Bertz CT molecular complexity index is 728. The second kappa shape index (κ2) is 5.62. The molecule has 21 heavy (non-hydrogen) atoms. The number of carbonyl (C=O) groups excluding carboxylic acids is 1. The van der Waals surface area contributed by atoms with Crippen LogP contribution in [-0.2, 0) is 13.6 Å². The molecule has 0 aliphatic rings. The molecule has 1 aromatic carbocycles. The minimum Gasteiger partial charge on any atom is -0.345 e. The number of aromatic nitrogens is 4. The number of hydrogen-bond donors (Lipinski definition) is 1. The number of benzene rings is 1. The molecule has 0 aliphatic carbocycles. The van der Waals surface area contributed by atoms with E-state index in [4.69, 9.17) is 0 Å². The maximum Gasteiger partial charge on any atom is 0.251 e. The molecule has 0 saturated heterocycles. The fourth-order valence-corrected chi connectivity index (χ4v) is 2.03. The summed E-state index contributed by atoms with van der Waals surface area (Å²) in [5.74, 6) is 0.702. The summed E-state index contributed by atoms with van der Waals surface area (Å²) in [6.07, 6.45) is 8.85. The summed E-state index contributed by atoms with van der Waals surface area (Å²) in [5.41, 5.74) is 1.58. The highest BCUT2D eigenvalue weighted by Gasteiger charge is 2.07. The second-order valence-corrected chi connectivity index (χ2v) is 4.65. The van der Waals surface area contributed by atoms with Crippen molar-refractivity contribution in [2.24, 2.45) is 7.05 Å². The molecular formula is C15H15N5O. The number of nitrogens with one attached hydrogen (secondary N) is 1. The van der Waals surface area contributed by atoms with Crippen LogP contribution in [-0.4, -0.2) is 25.0 Å². The lowest BCUT2D eigenvalue weighted by atomic mass is 10.2. The Morgan fingerprint density at radius 2 is 2.00 bits per heavy atom. The van der Waals surface area contributed by atoms with Gasteiger partial charge in [0.1, 0.15) is 5.82 Å². The fraction of sp³-hybridized carbons (Fsp3) is 0.133. The van der Waals surface area contributed by atoms with E-state index in [1.54, 1.807) is 30.9 Å². The SMILES string of the molecule is Cn1ccnc1CNC(=O)c1ccc(-n2ccnc2)cc1. The van der Waals surface area contributed by atoms with Crippen LogP contribution in [0.4, 0.5) is 0 Å². The molecule has 0 saturated carbocycles. The second-order valence-electron chi connectivity index (χ2n) is 4.65. The predicted octanol–water partition coefficient (Wildman–Crippen LogP) is 1.54. The van der Waals surface area contributed by atoms with Gasteiger partial charge in [0, 0.05) is 43.1 Å². The van der Waals surface area contributed by atoms with Crippen LogP contribution in [0.5, 0.6) is 0 Å². The van der Waals surface area contributed by atoms with Gasteiger partial charge in [0.25, 0.3) is 5.91 Å². The summed E-state index contributed by atoms with van der Waals surface area (Å²) in [5, 5.41) is 2.85. The fourth-order valence-electron chi connectivity index (χ4n) is 2.03. The predicted molar refractivity (Wildman–Crippen MR) is 77.9 cm³/mol. The number of aryl methyl sites for hydroxylation is 1. The molecule has 0 unspecified atom stereocenters. The Labute approximate surface area is 122 Å². The van der Waals surface area contributed by atoms with Crippen molar-refractivity contribution in [3.63, 3.8) is 0 Å². The van der Waals surface area contributed by atoms with E-state index in [2.05, 4.69) is 15.3 Å². The zero-order valence-electron chi connectivity index (χ0n) is 11.6. The van der Waals surface area contributed by atoms with E-state index in [-0.39, 0.29) is 5.91 Å². The molecule has 0 spiro atoms. The minimum atomic E-state index is -0.116. The van der Waals surface area contributed by atoms with Gasteiger partial charge in [-0.1, -0.05) is 0 Å². The first-order chi connectivity index (χ1) is 10.2. The topological polar surface area (TPSA) is 64.7 Å². The zero-order chi connectivity index (χ0) is 14.7. The third-order valence-electron chi connectivity index (χ3n) is 3.26. The molecule has 0 aliphatic heterocycles. The average molecular weight is 281 g/mol. The molecule has 1 N–H and O–H groups in total. The first kappa shape index (κ1) is 13.1. The molecule has 0 fully saturated rings. The van der Waals surface area contributed by atoms with Gasteiger partial charge in [-0.3, -0.25) is 4.79 Å². The van der Waals surface area contributed by atoms with Gasteiger partial charge >= 0.3 is 0 Å². The standard InChI is InChI=1S/C15H15N5O/c1-19-8-7-17-14(19)10-18-15(21)12-2-4-13(5-3-12)20-9-6-16-11-20/h2-9,11H,10H2,1H3,(H,18,21). The van der Waals surface area contributed by atoms with E-state index >= 15 is 0 Å². The molecule has 3 aromatic rings. The van der Waals surface area contributed by atoms with Crippen molar-refractivity contribution in [2.45, 2.75) is 6.54 Å². The van der Waals surface area contributed by atoms with E-state index in [1.807, 2.05) is 40.7 Å². The van der Waals surface area contributed by atoms with Gasteiger partial charge in [-0.2, -0.15) is 0 Å². The zero-order valence-corrected chi connectivity index (χ0v) is 11.6. The normalized spacial score (nSPS) is 10.5. The summed E-state index contributed by atoms with van der Waals surface area (Å²) >= 11 is 0. The van der Waals surface area contributed by atoms with Crippen LogP contribution in [0.25, 0.3) is 5.69 Å². The molecule has 1 amide bonds. The molecule has 6 nitrogen and oxygen atoms in total. The third kappa shape index (κ3) is 2.84. The number of hydrogen-bond acceptors (Lipinski definition) is 3. The Kier molecular flexibility index (Phi) is 3.51. The van der Waals surface area contributed by atoms with Crippen LogP contribution in [0.15, 0.2) is 55.4 Å². The van der Waals surface area contributed by atoms with Gasteiger partial charge in [0.2, 0.25) is 0 Å². The summed E-state index contributed by atoms with van der Waals surface area (Å²) in [4.78, 5) is 20.2. The van der Waals surface area contributed by atoms with Crippen LogP contribution in [0.1, 0.15) is 16.2 Å². The molecular weight excluding hydrogens is 266 g/mol. The highest BCUT2D eigenvalue weighted by atomic mass is 16.1.